The molecule has 1 heterocycles. The number of likely N-dealkylation sites (tertiary alicyclic amines) is 1. The highest BCUT2D eigenvalue weighted by Gasteiger charge is 2.60. The van der Waals surface area contributed by atoms with E-state index in [0.717, 1.165) is 5.56 Å². The highest BCUT2D eigenvalue weighted by atomic mass is 32.2. The molecule has 5 atom stereocenters. The molecule has 0 radical (unpaired) electrons. The molecule has 1 amide bonds. The number of nitrogens with zero attached hydrogens (tertiary/aromatic N) is 1. The minimum Gasteiger partial charge on any atom is -0.445 e. The first kappa shape index (κ1) is 19.3. The van der Waals surface area contributed by atoms with Crippen LogP contribution >= 0.6 is 0 Å². The van der Waals surface area contributed by atoms with Gasteiger partial charge in [0, 0.05) is 19.1 Å². The number of carbonyl (C=O) groups is 1. The number of nitrogens with one attached hydrogen (secondary N) is 1. The van der Waals surface area contributed by atoms with Gasteiger partial charge in [-0.1, -0.05) is 30.3 Å². The van der Waals surface area contributed by atoms with Crippen molar-refractivity contribution < 1.29 is 18.8 Å². The molecule has 26 heavy (non-hydrogen) atoms. The third-order valence-electron chi connectivity index (χ3n) is 5.20. The summed E-state index contributed by atoms with van der Waals surface area (Å²) in [6.45, 7) is 7.24. The summed E-state index contributed by atoms with van der Waals surface area (Å²) in [5, 5.41) is 9.69. The van der Waals surface area contributed by atoms with E-state index < -0.39 is 11.0 Å². The van der Waals surface area contributed by atoms with Gasteiger partial charge in [0.25, 0.3) is 0 Å². The summed E-state index contributed by atoms with van der Waals surface area (Å²) in [6.07, 6.45) is -0.286. The Kier molecular flexibility index (Phi) is 5.69. The maximum absolute atomic E-state index is 12.3. The standard InChI is InChI=1S/C19H28N2O4S/c1-19(2,3)26(24)20-16(11-22)17-14-9-21(10-15(14)17)18(23)25-12-13-7-5-4-6-8-13/h4-8,14-17,20,22H,9-12H2,1-3H3/t14-,15+,16?,17?,26?. The van der Waals surface area contributed by atoms with Crippen LogP contribution in [0.4, 0.5) is 4.79 Å². The van der Waals surface area contributed by atoms with Gasteiger partial charge in [0.15, 0.2) is 0 Å². The fourth-order valence-corrected chi connectivity index (χ4v) is 4.54. The average Bonchev–Trinajstić information content (AvgIpc) is 3.09. The molecular weight excluding hydrogens is 352 g/mol. The van der Waals surface area contributed by atoms with Crippen molar-refractivity contribution in [2.45, 2.75) is 38.2 Å². The fraction of sp³-hybridized carbons (Fsp3) is 0.632. The van der Waals surface area contributed by atoms with Crippen LogP contribution in [0.5, 0.6) is 0 Å². The second kappa shape index (κ2) is 7.66. The summed E-state index contributed by atoms with van der Waals surface area (Å²) in [4.78, 5) is 14.0. The number of hydrogen-bond donors (Lipinski definition) is 2. The van der Waals surface area contributed by atoms with E-state index in [4.69, 9.17) is 4.74 Å². The SMILES string of the molecule is CC(C)(C)S(=O)NC(CO)C1[C@H]2CN(C(=O)OCc3ccccc3)C[C@@H]12. The van der Waals surface area contributed by atoms with E-state index >= 15 is 0 Å². The number of fused-ring (bicyclic) bond motifs is 1. The molecule has 1 aliphatic carbocycles. The summed E-state index contributed by atoms with van der Waals surface area (Å²) in [6, 6.07) is 9.44. The zero-order valence-corrected chi connectivity index (χ0v) is 16.4. The van der Waals surface area contributed by atoms with Crippen LogP contribution in [-0.2, 0) is 22.3 Å². The van der Waals surface area contributed by atoms with Gasteiger partial charge in [0.1, 0.15) is 6.61 Å². The molecule has 1 aromatic rings. The molecule has 0 bridgehead atoms. The van der Waals surface area contributed by atoms with Gasteiger partial charge in [-0.25, -0.2) is 13.7 Å². The van der Waals surface area contributed by atoms with Gasteiger partial charge in [-0.05, 0) is 44.1 Å². The van der Waals surface area contributed by atoms with Gasteiger partial charge in [-0.2, -0.15) is 0 Å². The molecule has 3 unspecified atom stereocenters. The van der Waals surface area contributed by atoms with E-state index in [0.29, 0.717) is 24.9 Å². The van der Waals surface area contributed by atoms with Crippen molar-refractivity contribution in [2.75, 3.05) is 19.7 Å². The lowest BCUT2D eigenvalue weighted by Gasteiger charge is -2.26. The van der Waals surface area contributed by atoms with Crippen molar-refractivity contribution in [3.8, 4) is 0 Å². The Labute approximate surface area is 157 Å². The Morgan fingerprint density at radius 2 is 1.92 bits per heavy atom. The van der Waals surface area contributed by atoms with E-state index in [1.165, 1.54) is 0 Å². The van der Waals surface area contributed by atoms with E-state index in [1.54, 1.807) is 4.90 Å². The quantitative estimate of drug-likeness (QED) is 0.790. The van der Waals surface area contributed by atoms with Gasteiger partial charge < -0.3 is 14.7 Å². The largest absolute Gasteiger partial charge is 0.445 e. The number of ether oxygens (including phenoxy) is 1. The maximum atomic E-state index is 12.3. The van der Waals surface area contributed by atoms with Crippen LogP contribution in [0.3, 0.4) is 0 Å². The van der Waals surface area contributed by atoms with Crippen molar-refractivity contribution in [1.82, 2.24) is 9.62 Å². The molecule has 2 N–H and O–H groups in total. The van der Waals surface area contributed by atoms with Gasteiger partial charge in [0.2, 0.25) is 0 Å². The first-order valence-corrected chi connectivity index (χ1v) is 10.2. The highest BCUT2D eigenvalue weighted by molar-refractivity contribution is 7.84. The minimum absolute atomic E-state index is 0.0437. The van der Waals surface area contributed by atoms with Crippen LogP contribution in [0.25, 0.3) is 0 Å². The number of hydrogen-bond acceptors (Lipinski definition) is 4. The molecule has 144 valence electrons. The second-order valence-electron chi connectivity index (χ2n) is 8.14. The molecule has 2 aliphatic rings. The molecule has 0 aromatic heterocycles. The molecule has 1 saturated carbocycles. The zero-order valence-electron chi connectivity index (χ0n) is 15.6. The molecule has 0 spiro atoms. The van der Waals surface area contributed by atoms with Crippen molar-refractivity contribution in [3.63, 3.8) is 0 Å². The molecule has 2 fully saturated rings. The van der Waals surface area contributed by atoms with E-state index in [-0.39, 0.29) is 36.0 Å². The Hall–Kier alpha value is -1.44. The average molecular weight is 381 g/mol. The Morgan fingerprint density at radius 3 is 2.46 bits per heavy atom. The first-order valence-electron chi connectivity index (χ1n) is 9.06. The predicted molar refractivity (Wildman–Crippen MR) is 101 cm³/mol. The Balaban J connectivity index is 1.46. The number of rotatable bonds is 6. The summed E-state index contributed by atoms with van der Waals surface area (Å²) in [5.41, 5.74) is 0.970. The molecule has 6 nitrogen and oxygen atoms in total. The molecule has 3 rings (SSSR count). The van der Waals surface area contributed by atoms with Gasteiger partial charge >= 0.3 is 6.09 Å². The molecule has 1 saturated heterocycles. The van der Waals surface area contributed by atoms with Gasteiger partial charge in [-0.3, -0.25) is 0 Å². The van der Waals surface area contributed by atoms with Crippen molar-refractivity contribution in [1.29, 1.82) is 0 Å². The topological polar surface area (TPSA) is 78.9 Å². The monoisotopic (exact) mass is 380 g/mol. The lowest BCUT2D eigenvalue weighted by atomic mass is 10.1. The van der Waals surface area contributed by atoms with Crippen LogP contribution < -0.4 is 4.72 Å². The molecular formula is C19H28N2O4S. The Bertz CT molecular complexity index is 649. The molecule has 1 aliphatic heterocycles. The number of piperidine rings is 1. The summed E-state index contributed by atoms with van der Waals surface area (Å²) < 4.78 is 20.4. The summed E-state index contributed by atoms with van der Waals surface area (Å²) in [7, 11) is -1.21. The van der Waals surface area contributed by atoms with Crippen LogP contribution in [0.1, 0.15) is 26.3 Å². The number of carbonyl (C=O) groups excluding carboxylic acids is 1. The molecule has 7 heteroatoms. The lowest BCUT2D eigenvalue weighted by Crippen LogP contribution is -2.45. The Morgan fingerprint density at radius 1 is 1.31 bits per heavy atom. The third-order valence-corrected chi connectivity index (χ3v) is 6.83. The van der Waals surface area contributed by atoms with E-state index in [9.17, 15) is 14.1 Å². The number of aliphatic hydroxyl groups excluding tert-OH is 1. The number of aliphatic hydroxyl groups is 1. The second-order valence-corrected chi connectivity index (χ2v) is 10.1. The summed E-state index contributed by atoms with van der Waals surface area (Å²) in [5.74, 6) is 0.964. The van der Waals surface area contributed by atoms with Crippen LogP contribution in [0.2, 0.25) is 0 Å². The predicted octanol–water partition coefficient (Wildman–Crippen LogP) is 1.91. The smallest absolute Gasteiger partial charge is 0.410 e. The number of amides is 1. The van der Waals surface area contributed by atoms with Crippen molar-refractivity contribution >= 4 is 17.1 Å². The lowest BCUT2D eigenvalue weighted by molar-refractivity contribution is 0.0971. The van der Waals surface area contributed by atoms with Crippen LogP contribution in [-0.4, -0.2) is 50.8 Å². The maximum Gasteiger partial charge on any atom is 0.410 e. The fourth-order valence-electron chi connectivity index (χ4n) is 3.68. The normalized spacial score (nSPS) is 26.9. The first-order chi connectivity index (χ1) is 12.3. The zero-order chi connectivity index (χ0) is 18.9. The third kappa shape index (κ3) is 4.27. The highest BCUT2D eigenvalue weighted by Crippen LogP contribution is 2.53. The van der Waals surface area contributed by atoms with Crippen LogP contribution in [0.15, 0.2) is 30.3 Å². The van der Waals surface area contributed by atoms with E-state index in [2.05, 4.69) is 4.72 Å². The molecule has 1 aromatic carbocycles. The van der Waals surface area contributed by atoms with Crippen molar-refractivity contribution in [2.24, 2.45) is 17.8 Å². The van der Waals surface area contributed by atoms with Gasteiger partial charge in [0.05, 0.1) is 22.3 Å². The number of benzene rings is 1. The minimum atomic E-state index is -1.21. The van der Waals surface area contributed by atoms with Gasteiger partial charge in [-0.15, -0.1) is 0 Å². The van der Waals surface area contributed by atoms with E-state index in [1.807, 2.05) is 51.1 Å². The van der Waals surface area contributed by atoms with Crippen LogP contribution in [0, 0.1) is 17.8 Å². The summed E-state index contributed by atoms with van der Waals surface area (Å²) >= 11 is 0. The van der Waals surface area contributed by atoms with Crippen molar-refractivity contribution in [3.05, 3.63) is 35.9 Å².